The maximum absolute atomic E-state index is 12.1. The number of phenolic OH excluding ortho intramolecular Hbond substituents is 2. The second-order valence-corrected chi connectivity index (χ2v) is 4.63. The first-order valence-electron chi connectivity index (χ1n) is 6.20. The number of hydrogen-bond acceptors (Lipinski definition) is 6. The van der Waals surface area contributed by atoms with Crippen LogP contribution in [0.4, 0.5) is 5.69 Å². The van der Waals surface area contributed by atoms with Gasteiger partial charge in [0, 0.05) is 12.1 Å². The fourth-order valence-electron chi connectivity index (χ4n) is 2.10. The molecule has 7 heteroatoms. The molecule has 7 nitrogen and oxygen atoms in total. The summed E-state index contributed by atoms with van der Waals surface area (Å²) in [5, 5.41) is 29.6. The normalized spacial score (nSPS) is 14.7. The third-order valence-corrected chi connectivity index (χ3v) is 3.15. The van der Waals surface area contributed by atoms with Gasteiger partial charge in [0.05, 0.1) is 10.5 Å². The van der Waals surface area contributed by atoms with Crippen molar-refractivity contribution in [2.45, 2.75) is 0 Å². The van der Waals surface area contributed by atoms with Crippen LogP contribution < -0.4 is 4.74 Å². The van der Waals surface area contributed by atoms with Gasteiger partial charge in [0.25, 0.3) is 0 Å². The van der Waals surface area contributed by atoms with Crippen molar-refractivity contribution in [3.63, 3.8) is 0 Å². The molecule has 2 aromatic rings. The van der Waals surface area contributed by atoms with Crippen LogP contribution in [-0.4, -0.2) is 20.9 Å². The summed E-state index contributed by atoms with van der Waals surface area (Å²) in [7, 11) is 0. The zero-order valence-corrected chi connectivity index (χ0v) is 11.0. The van der Waals surface area contributed by atoms with E-state index >= 15 is 0 Å². The Morgan fingerprint density at radius 2 is 1.91 bits per heavy atom. The Morgan fingerprint density at radius 3 is 2.64 bits per heavy atom. The number of allylic oxidation sites excluding steroid dienone is 1. The third-order valence-electron chi connectivity index (χ3n) is 3.15. The molecule has 0 bridgehead atoms. The molecule has 1 aliphatic heterocycles. The Hall–Kier alpha value is -3.35. The number of ether oxygens (including phenoxy) is 1. The van der Waals surface area contributed by atoms with Crippen LogP contribution in [0.3, 0.4) is 0 Å². The van der Waals surface area contributed by atoms with E-state index in [-0.39, 0.29) is 23.0 Å². The summed E-state index contributed by atoms with van der Waals surface area (Å²) in [6, 6.07) is 7.85. The first kappa shape index (κ1) is 13.6. The fourth-order valence-corrected chi connectivity index (χ4v) is 2.10. The van der Waals surface area contributed by atoms with Gasteiger partial charge in [0.15, 0.2) is 11.5 Å². The van der Waals surface area contributed by atoms with Crippen molar-refractivity contribution in [3.8, 4) is 17.2 Å². The SMILES string of the molecule is O=C1/C(=C/c2ccc(O)c([N+](=O)[O-])c2)Oc2cc(O)ccc21. The molecule has 1 heterocycles. The molecule has 22 heavy (non-hydrogen) atoms. The average Bonchev–Trinajstić information content (AvgIpc) is 2.76. The average molecular weight is 299 g/mol. The Labute approximate surface area is 123 Å². The van der Waals surface area contributed by atoms with Gasteiger partial charge in [-0.15, -0.1) is 0 Å². The topological polar surface area (TPSA) is 110 Å². The molecule has 0 amide bonds. The summed E-state index contributed by atoms with van der Waals surface area (Å²) < 4.78 is 5.35. The van der Waals surface area contributed by atoms with Crippen LogP contribution in [0, 0.1) is 10.1 Å². The monoisotopic (exact) mass is 299 g/mol. The zero-order valence-electron chi connectivity index (χ0n) is 11.0. The van der Waals surface area contributed by atoms with Gasteiger partial charge in [0.1, 0.15) is 11.5 Å². The van der Waals surface area contributed by atoms with Crippen LogP contribution in [-0.2, 0) is 0 Å². The van der Waals surface area contributed by atoms with Gasteiger partial charge in [0.2, 0.25) is 5.78 Å². The van der Waals surface area contributed by atoms with E-state index in [4.69, 9.17) is 4.74 Å². The molecule has 2 N–H and O–H groups in total. The van der Waals surface area contributed by atoms with E-state index in [2.05, 4.69) is 0 Å². The zero-order chi connectivity index (χ0) is 15.9. The molecule has 0 spiro atoms. The van der Waals surface area contributed by atoms with Gasteiger partial charge in [-0.05, 0) is 29.8 Å². The summed E-state index contributed by atoms with van der Waals surface area (Å²) in [6.45, 7) is 0. The first-order chi connectivity index (χ1) is 10.5. The highest BCUT2D eigenvalue weighted by atomic mass is 16.6. The van der Waals surface area contributed by atoms with Crippen LogP contribution >= 0.6 is 0 Å². The van der Waals surface area contributed by atoms with Gasteiger partial charge in [-0.2, -0.15) is 0 Å². The first-order valence-corrected chi connectivity index (χ1v) is 6.20. The molecule has 110 valence electrons. The van der Waals surface area contributed by atoms with Gasteiger partial charge in [-0.1, -0.05) is 6.07 Å². The van der Waals surface area contributed by atoms with Gasteiger partial charge in [-0.25, -0.2) is 0 Å². The van der Waals surface area contributed by atoms with Crippen LogP contribution in [0.25, 0.3) is 6.08 Å². The van der Waals surface area contributed by atoms with Crippen LogP contribution in [0.5, 0.6) is 17.2 Å². The third kappa shape index (κ3) is 2.24. The van der Waals surface area contributed by atoms with Crippen molar-refractivity contribution in [2.75, 3.05) is 0 Å². The minimum absolute atomic E-state index is 0.0133. The number of Topliss-reactive ketones (excluding diaryl/α,β-unsaturated/α-hetero) is 1. The lowest BCUT2D eigenvalue weighted by atomic mass is 10.1. The van der Waals surface area contributed by atoms with E-state index in [9.17, 15) is 25.1 Å². The Morgan fingerprint density at radius 1 is 1.14 bits per heavy atom. The number of nitro groups is 1. The molecule has 0 aromatic heterocycles. The molecule has 0 saturated carbocycles. The summed E-state index contributed by atoms with van der Waals surface area (Å²) in [4.78, 5) is 22.2. The van der Waals surface area contributed by atoms with Gasteiger partial charge in [-0.3, -0.25) is 14.9 Å². The molecule has 0 fully saturated rings. The van der Waals surface area contributed by atoms with Crippen molar-refractivity contribution in [3.05, 3.63) is 63.4 Å². The maximum atomic E-state index is 12.1. The van der Waals surface area contributed by atoms with Crippen molar-refractivity contribution in [1.29, 1.82) is 0 Å². The van der Waals surface area contributed by atoms with Gasteiger partial charge >= 0.3 is 5.69 Å². The minimum Gasteiger partial charge on any atom is -0.508 e. The Kier molecular flexibility index (Phi) is 3.03. The number of ketones is 1. The number of carbonyl (C=O) groups is 1. The summed E-state index contributed by atoms with van der Waals surface area (Å²) >= 11 is 0. The molecule has 0 saturated heterocycles. The molecule has 0 unspecified atom stereocenters. The minimum atomic E-state index is -0.721. The number of hydrogen-bond donors (Lipinski definition) is 2. The van der Waals surface area contributed by atoms with E-state index in [0.29, 0.717) is 11.1 Å². The van der Waals surface area contributed by atoms with Crippen molar-refractivity contribution < 1.29 is 24.7 Å². The lowest BCUT2D eigenvalue weighted by Crippen LogP contribution is -1.98. The number of aromatic hydroxyl groups is 2. The van der Waals surface area contributed by atoms with E-state index in [1.807, 2.05) is 0 Å². The highest BCUT2D eigenvalue weighted by molar-refractivity contribution is 6.14. The Balaban J connectivity index is 1.99. The van der Waals surface area contributed by atoms with E-state index in [0.717, 1.165) is 6.07 Å². The van der Waals surface area contributed by atoms with Gasteiger partial charge < -0.3 is 14.9 Å². The Bertz CT molecular complexity index is 840. The standard InChI is InChI=1S/C15H9NO6/c17-9-2-3-10-13(7-9)22-14(15(10)19)6-8-1-4-12(18)11(5-8)16(20)21/h1-7,17-18H/b14-6-. The van der Waals surface area contributed by atoms with Crippen LogP contribution in [0.15, 0.2) is 42.2 Å². The van der Waals surface area contributed by atoms with Crippen LogP contribution in [0.2, 0.25) is 0 Å². The predicted molar refractivity (Wildman–Crippen MR) is 75.8 cm³/mol. The van der Waals surface area contributed by atoms with Crippen molar-refractivity contribution >= 4 is 17.5 Å². The smallest absolute Gasteiger partial charge is 0.311 e. The molecule has 0 aliphatic carbocycles. The highest BCUT2D eigenvalue weighted by Crippen LogP contribution is 2.35. The summed E-state index contributed by atoms with van der Waals surface area (Å²) in [5.74, 6) is -0.664. The fraction of sp³-hybridized carbons (Fsp3) is 0. The summed E-state index contributed by atoms with van der Waals surface area (Å²) in [6.07, 6.45) is 1.34. The number of nitrogens with zero attached hydrogens (tertiary/aromatic N) is 1. The number of nitro benzene ring substituents is 1. The van der Waals surface area contributed by atoms with E-state index < -0.39 is 16.4 Å². The lowest BCUT2D eigenvalue weighted by Gasteiger charge is -2.00. The predicted octanol–water partition coefficient (Wildman–Crippen LogP) is 2.62. The second-order valence-electron chi connectivity index (χ2n) is 4.63. The van der Waals surface area contributed by atoms with Crippen LogP contribution in [0.1, 0.15) is 15.9 Å². The number of carbonyl (C=O) groups excluding carboxylic acids is 1. The van der Waals surface area contributed by atoms with Crippen molar-refractivity contribution in [2.24, 2.45) is 0 Å². The summed E-state index contributed by atoms with van der Waals surface area (Å²) in [5.41, 5.74) is 0.178. The number of rotatable bonds is 2. The molecule has 1 aliphatic rings. The highest BCUT2D eigenvalue weighted by Gasteiger charge is 2.27. The molecule has 0 atom stereocenters. The quantitative estimate of drug-likeness (QED) is 0.501. The molecule has 2 aromatic carbocycles. The number of benzene rings is 2. The second kappa shape index (κ2) is 4.88. The largest absolute Gasteiger partial charge is 0.508 e. The van der Waals surface area contributed by atoms with E-state index in [1.54, 1.807) is 0 Å². The lowest BCUT2D eigenvalue weighted by molar-refractivity contribution is -0.385. The number of fused-ring (bicyclic) bond motifs is 1. The van der Waals surface area contributed by atoms with Crippen molar-refractivity contribution in [1.82, 2.24) is 0 Å². The molecular formula is C15H9NO6. The molecule has 3 rings (SSSR count). The molecule has 0 radical (unpaired) electrons. The maximum Gasteiger partial charge on any atom is 0.311 e. The number of phenols is 2. The molecular weight excluding hydrogens is 290 g/mol. The van der Waals surface area contributed by atoms with E-state index in [1.165, 1.54) is 36.4 Å².